The van der Waals surface area contributed by atoms with Gasteiger partial charge in [-0.1, -0.05) is 41.4 Å². The van der Waals surface area contributed by atoms with Crippen molar-refractivity contribution in [1.82, 2.24) is 13.9 Å². The number of carbonyl (C=O) groups is 2. The molecule has 1 saturated carbocycles. The third-order valence-corrected chi connectivity index (χ3v) is 9.59. The second-order valence-electron chi connectivity index (χ2n) is 9.21. The quantitative estimate of drug-likeness (QED) is 0.428. The Hall–Kier alpha value is -2.26. The van der Waals surface area contributed by atoms with Gasteiger partial charge >= 0.3 is 11.4 Å². The van der Waals surface area contributed by atoms with Crippen LogP contribution in [-0.2, 0) is 23.2 Å². The first kappa shape index (κ1) is 24.4. The van der Waals surface area contributed by atoms with Crippen molar-refractivity contribution in [1.29, 1.82) is 0 Å². The van der Waals surface area contributed by atoms with E-state index in [0.717, 1.165) is 4.57 Å². The van der Waals surface area contributed by atoms with Gasteiger partial charge in [0.1, 0.15) is 25.6 Å². The highest BCUT2D eigenvalue weighted by molar-refractivity contribution is 6.66. The lowest BCUT2D eigenvalue weighted by molar-refractivity contribution is -0.128. The fourth-order valence-corrected chi connectivity index (χ4v) is 7.13. The third kappa shape index (κ3) is 2.88. The number of phenolic OH excluding ortho intramolecular Hbond substituents is 1. The normalized spacial score (nSPS) is 30.1. The summed E-state index contributed by atoms with van der Waals surface area (Å²) in [6.45, 7) is 3.42. The van der Waals surface area contributed by atoms with Crippen molar-refractivity contribution in [2.24, 2.45) is 7.05 Å². The Morgan fingerprint density at radius 3 is 2.14 bits per heavy atom. The molecule has 1 aliphatic heterocycles. The number of ketones is 2. The van der Waals surface area contributed by atoms with E-state index in [9.17, 15) is 24.3 Å². The average Bonchev–Trinajstić information content (AvgIpc) is 3.04. The average molecular weight is 559 g/mol. The number of phenols is 1. The molecule has 8 nitrogen and oxygen atoms in total. The predicted molar refractivity (Wildman–Crippen MR) is 132 cm³/mol. The molecule has 1 N–H and O–H groups in total. The lowest BCUT2D eigenvalue weighted by Gasteiger charge is -2.54. The molecule has 184 valence electrons. The summed E-state index contributed by atoms with van der Waals surface area (Å²) in [6, 6.07) is 2.43. The molecule has 4 unspecified atom stereocenters. The van der Waals surface area contributed by atoms with Crippen molar-refractivity contribution in [2.45, 2.75) is 48.5 Å². The summed E-state index contributed by atoms with van der Waals surface area (Å²) in [4.78, 5) is 48.7. The summed E-state index contributed by atoms with van der Waals surface area (Å²) < 4.78 is 3.46. The van der Waals surface area contributed by atoms with Gasteiger partial charge < -0.3 is 5.11 Å². The Balaban J connectivity index is 1.88. The molecule has 0 spiro atoms. The summed E-state index contributed by atoms with van der Waals surface area (Å²) in [5.74, 6) is -2.60. The molecule has 0 bridgehead atoms. The van der Waals surface area contributed by atoms with Crippen molar-refractivity contribution < 1.29 is 14.7 Å². The number of hydrogen-bond acceptors (Lipinski definition) is 5. The lowest BCUT2D eigenvalue weighted by Crippen LogP contribution is -2.67. The Bertz CT molecular complexity index is 1520. The van der Waals surface area contributed by atoms with E-state index >= 15 is 0 Å². The molecular formula is C23H19Cl4N3O5. The SMILES string of the molecule is Cc1cc(C2C3=CCn4c(=O)n(C)c(=O)n4C3CC3(Cl)C(=O)C(Cl)=C(Cl)C(=O)C23Cl)cc(C)c1O. The molecule has 1 aromatic heterocycles. The zero-order valence-electron chi connectivity index (χ0n) is 18.7. The highest BCUT2D eigenvalue weighted by atomic mass is 35.5. The zero-order chi connectivity index (χ0) is 25.8. The number of aryl methyl sites for hydroxylation is 2. The number of hydrogen-bond donors (Lipinski definition) is 1. The minimum atomic E-state index is -2.08. The van der Waals surface area contributed by atoms with Gasteiger partial charge in [-0.05, 0) is 36.1 Å². The van der Waals surface area contributed by atoms with Gasteiger partial charge in [0.2, 0.25) is 0 Å². The van der Waals surface area contributed by atoms with Crippen molar-refractivity contribution in [3.05, 3.63) is 71.5 Å². The fourth-order valence-electron chi connectivity index (χ4n) is 5.61. The molecule has 1 aromatic carbocycles. The lowest BCUT2D eigenvalue weighted by atomic mass is 9.59. The molecule has 0 saturated heterocycles. The summed E-state index contributed by atoms with van der Waals surface area (Å²) in [6.07, 6.45) is 1.45. The molecule has 0 radical (unpaired) electrons. The van der Waals surface area contributed by atoms with Crippen LogP contribution in [0.2, 0.25) is 0 Å². The molecule has 4 atom stereocenters. The molecule has 2 heterocycles. The maximum Gasteiger partial charge on any atom is 0.347 e. The summed E-state index contributed by atoms with van der Waals surface area (Å²) >= 11 is 26.5. The van der Waals surface area contributed by atoms with Crippen molar-refractivity contribution in [3.63, 3.8) is 0 Å². The third-order valence-electron chi connectivity index (χ3n) is 7.34. The van der Waals surface area contributed by atoms with Gasteiger partial charge in [0.15, 0.2) is 11.6 Å². The number of aromatic nitrogens is 3. The predicted octanol–water partition coefficient (Wildman–Crippen LogP) is 3.14. The van der Waals surface area contributed by atoms with Crippen LogP contribution in [0.4, 0.5) is 0 Å². The highest BCUT2D eigenvalue weighted by Crippen LogP contribution is 2.63. The number of halogens is 4. The van der Waals surface area contributed by atoms with E-state index in [-0.39, 0.29) is 18.7 Å². The van der Waals surface area contributed by atoms with Gasteiger partial charge in [-0.15, -0.1) is 23.2 Å². The number of rotatable bonds is 1. The standard InChI is InChI=1S/C23H19Cl4N3O5/c1-9-6-11(7-10(2)17(9)31)14-12-4-5-29-20(34)28(3)21(35)30(29)13(12)8-22(26)18(32)15(24)16(25)19(33)23(14,22)27/h4,6-7,13-14,31H,5,8H2,1-3H3. The highest BCUT2D eigenvalue weighted by Gasteiger charge is 2.71. The van der Waals surface area contributed by atoms with Crippen LogP contribution in [0.3, 0.4) is 0 Å². The number of benzene rings is 1. The first-order valence-corrected chi connectivity index (χ1v) is 12.2. The minimum Gasteiger partial charge on any atom is -0.507 e. The van der Waals surface area contributed by atoms with E-state index in [1.54, 1.807) is 32.1 Å². The largest absolute Gasteiger partial charge is 0.507 e. The number of nitrogens with zero attached hydrogens (tertiary/aromatic N) is 3. The summed E-state index contributed by atoms with van der Waals surface area (Å²) in [5, 5.41) is 9.32. The fraction of sp³-hybridized carbons (Fsp3) is 0.391. The minimum absolute atomic E-state index is 0.0437. The van der Waals surface area contributed by atoms with Crippen molar-refractivity contribution in [3.8, 4) is 5.75 Å². The maximum absolute atomic E-state index is 13.7. The van der Waals surface area contributed by atoms with E-state index in [0.29, 0.717) is 22.3 Å². The van der Waals surface area contributed by atoms with E-state index < -0.39 is 54.7 Å². The number of aromatic hydroxyl groups is 1. The smallest absolute Gasteiger partial charge is 0.347 e. The van der Waals surface area contributed by atoms with E-state index in [1.807, 2.05) is 0 Å². The summed E-state index contributed by atoms with van der Waals surface area (Å²) in [5.41, 5.74) is 0.939. The van der Waals surface area contributed by atoms with Crippen LogP contribution in [-0.4, -0.2) is 40.4 Å². The van der Waals surface area contributed by atoms with Crippen LogP contribution < -0.4 is 11.4 Å². The van der Waals surface area contributed by atoms with Crippen LogP contribution in [0, 0.1) is 13.8 Å². The van der Waals surface area contributed by atoms with Gasteiger partial charge in [-0.2, -0.15) is 0 Å². The maximum atomic E-state index is 13.7. The van der Waals surface area contributed by atoms with E-state index in [2.05, 4.69) is 0 Å². The molecule has 2 aromatic rings. The Morgan fingerprint density at radius 1 is 0.971 bits per heavy atom. The monoisotopic (exact) mass is 557 g/mol. The molecule has 0 amide bonds. The first-order chi connectivity index (χ1) is 16.3. The topological polar surface area (TPSA) is 103 Å². The van der Waals surface area contributed by atoms with Gasteiger partial charge in [0.25, 0.3) is 0 Å². The first-order valence-electron chi connectivity index (χ1n) is 10.7. The van der Waals surface area contributed by atoms with Gasteiger partial charge in [-0.25, -0.2) is 23.5 Å². The van der Waals surface area contributed by atoms with Gasteiger partial charge in [-0.3, -0.25) is 9.59 Å². The zero-order valence-corrected chi connectivity index (χ0v) is 21.8. The molecule has 35 heavy (non-hydrogen) atoms. The number of allylic oxidation sites excluding steroid dienone is 4. The molecule has 5 rings (SSSR count). The Kier molecular flexibility index (Phi) is 5.32. The molecule has 3 aliphatic rings. The Labute approximate surface area is 218 Å². The molecular weight excluding hydrogens is 540 g/mol. The molecule has 12 heteroatoms. The van der Waals surface area contributed by atoms with E-state index in [4.69, 9.17) is 46.4 Å². The number of carbonyl (C=O) groups excluding carboxylic acids is 2. The Morgan fingerprint density at radius 2 is 1.54 bits per heavy atom. The van der Waals surface area contributed by atoms with Crippen molar-refractivity contribution >= 4 is 58.0 Å². The number of alkyl halides is 2. The van der Waals surface area contributed by atoms with Crippen molar-refractivity contribution in [2.75, 3.05) is 0 Å². The number of Topliss-reactive ketones (excluding diaryl/α,β-unsaturated/α-hetero) is 2. The van der Waals surface area contributed by atoms with Gasteiger partial charge in [0.05, 0.1) is 12.6 Å². The van der Waals surface area contributed by atoms with Gasteiger partial charge in [0, 0.05) is 19.4 Å². The second kappa shape index (κ2) is 7.62. The van der Waals surface area contributed by atoms with Crippen LogP contribution >= 0.6 is 46.4 Å². The number of fused-ring (bicyclic) bond motifs is 4. The van der Waals surface area contributed by atoms with Crippen LogP contribution in [0.5, 0.6) is 5.75 Å². The second-order valence-corrected chi connectivity index (χ2v) is 11.2. The van der Waals surface area contributed by atoms with Crippen LogP contribution in [0.25, 0.3) is 0 Å². The summed E-state index contributed by atoms with van der Waals surface area (Å²) in [7, 11) is 1.35. The van der Waals surface area contributed by atoms with Crippen LogP contribution in [0.15, 0.2) is 43.4 Å². The molecule has 2 aliphatic carbocycles. The molecule has 1 fully saturated rings. The van der Waals surface area contributed by atoms with Crippen LogP contribution in [0.1, 0.15) is 35.1 Å². The van der Waals surface area contributed by atoms with E-state index in [1.165, 1.54) is 16.4 Å².